The average Bonchev–Trinajstić information content (AvgIpc) is 2.85. The number of amides is 1. The number of carbonyl (C=O) groups excluding carboxylic acids is 1. The van der Waals surface area contributed by atoms with Crippen LogP contribution in [0.3, 0.4) is 0 Å². The molecule has 1 heterocycles. The van der Waals surface area contributed by atoms with Gasteiger partial charge in [-0.3, -0.25) is 9.48 Å². The molecule has 0 spiro atoms. The van der Waals surface area contributed by atoms with Crippen molar-refractivity contribution in [2.75, 3.05) is 5.32 Å². The van der Waals surface area contributed by atoms with Crippen LogP contribution >= 0.6 is 11.6 Å². The quantitative estimate of drug-likeness (QED) is 0.629. The standard InChI is InChI=1S/C19H20ClN3O/c1-4-6-12-23-19(20)17(14(3)22-23)10-11-18(24)21-16-9-7-8-15(5-2)13-16/h2,7-11,13H,4,6,12H2,1,3H3,(H,21,24)/b11-10+. The Hall–Kier alpha value is -2.51. The molecule has 0 aliphatic heterocycles. The van der Waals surface area contributed by atoms with Crippen LogP contribution in [0.25, 0.3) is 6.08 Å². The van der Waals surface area contributed by atoms with Crippen LogP contribution in [0.2, 0.25) is 5.15 Å². The normalized spacial score (nSPS) is 10.8. The number of hydrogen-bond acceptors (Lipinski definition) is 2. The molecule has 124 valence electrons. The zero-order chi connectivity index (χ0) is 17.5. The topological polar surface area (TPSA) is 46.9 Å². The molecule has 0 unspecified atom stereocenters. The maximum Gasteiger partial charge on any atom is 0.248 e. The average molecular weight is 342 g/mol. The van der Waals surface area contributed by atoms with E-state index in [1.807, 2.05) is 6.92 Å². The van der Waals surface area contributed by atoms with Gasteiger partial charge in [0.15, 0.2) is 0 Å². The zero-order valence-corrected chi connectivity index (χ0v) is 14.6. The summed E-state index contributed by atoms with van der Waals surface area (Å²) in [6, 6.07) is 7.13. The van der Waals surface area contributed by atoms with Crippen LogP contribution in [0.5, 0.6) is 0 Å². The van der Waals surface area contributed by atoms with E-state index >= 15 is 0 Å². The van der Waals surface area contributed by atoms with Gasteiger partial charge in [-0.05, 0) is 37.6 Å². The number of unbranched alkanes of at least 4 members (excludes halogenated alkanes) is 1. The molecule has 24 heavy (non-hydrogen) atoms. The molecular weight excluding hydrogens is 322 g/mol. The van der Waals surface area contributed by atoms with E-state index in [1.165, 1.54) is 6.08 Å². The van der Waals surface area contributed by atoms with Crippen molar-refractivity contribution in [3.8, 4) is 12.3 Å². The molecule has 4 nitrogen and oxygen atoms in total. The number of aryl methyl sites for hydroxylation is 2. The van der Waals surface area contributed by atoms with Gasteiger partial charge in [0, 0.05) is 29.4 Å². The summed E-state index contributed by atoms with van der Waals surface area (Å²) in [7, 11) is 0. The first-order chi connectivity index (χ1) is 11.5. The van der Waals surface area contributed by atoms with Crippen molar-refractivity contribution < 1.29 is 4.79 Å². The maximum absolute atomic E-state index is 12.1. The summed E-state index contributed by atoms with van der Waals surface area (Å²) < 4.78 is 1.77. The second kappa shape index (κ2) is 8.37. The van der Waals surface area contributed by atoms with Crippen molar-refractivity contribution in [1.29, 1.82) is 0 Å². The lowest BCUT2D eigenvalue weighted by Crippen LogP contribution is -2.07. The Morgan fingerprint density at radius 3 is 3.00 bits per heavy atom. The fourth-order valence-electron chi connectivity index (χ4n) is 2.24. The van der Waals surface area contributed by atoms with Gasteiger partial charge in [-0.25, -0.2) is 0 Å². The molecule has 0 fully saturated rings. The lowest BCUT2D eigenvalue weighted by molar-refractivity contribution is -0.111. The molecule has 0 aliphatic carbocycles. The van der Waals surface area contributed by atoms with E-state index in [1.54, 1.807) is 35.0 Å². The zero-order valence-electron chi connectivity index (χ0n) is 13.8. The van der Waals surface area contributed by atoms with Crippen LogP contribution in [0.4, 0.5) is 5.69 Å². The van der Waals surface area contributed by atoms with Crippen LogP contribution in [-0.4, -0.2) is 15.7 Å². The minimum absolute atomic E-state index is 0.249. The van der Waals surface area contributed by atoms with Gasteiger partial charge < -0.3 is 5.32 Å². The number of nitrogens with one attached hydrogen (secondary N) is 1. The lowest BCUT2D eigenvalue weighted by atomic mass is 10.2. The highest BCUT2D eigenvalue weighted by atomic mass is 35.5. The summed E-state index contributed by atoms with van der Waals surface area (Å²) in [5.41, 5.74) is 2.93. The van der Waals surface area contributed by atoms with Gasteiger partial charge in [0.2, 0.25) is 5.91 Å². The highest BCUT2D eigenvalue weighted by molar-refractivity contribution is 6.31. The van der Waals surface area contributed by atoms with Gasteiger partial charge in [-0.15, -0.1) is 6.42 Å². The van der Waals surface area contributed by atoms with E-state index in [2.05, 4.69) is 23.3 Å². The number of rotatable bonds is 6. The summed E-state index contributed by atoms with van der Waals surface area (Å²) in [5.74, 6) is 2.29. The Kier molecular flexibility index (Phi) is 6.22. The minimum atomic E-state index is -0.249. The molecule has 0 atom stereocenters. The van der Waals surface area contributed by atoms with Crippen molar-refractivity contribution in [1.82, 2.24) is 9.78 Å². The third-order valence-corrected chi connectivity index (χ3v) is 3.93. The summed E-state index contributed by atoms with van der Waals surface area (Å²) >= 11 is 6.34. The smallest absolute Gasteiger partial charge is 0.248 e. The Labute approximate surface area is 147 Å². The number of nitrogens with zero attached hydrogens (tertiary/aromatic N) is 2. The highest BCUT2D eigenvalue weighted by Crippen LogP contribution is 2.22. The molecule has 2 rings (SSSR count). The number of hydrogen-bond donors (Lipinski definition) is 1. The van der Waals surface area contributed by atoms with E-state index in [0.29, 0.717) is 16.4 Å². The minimum Gasteiger partial charge on any atom is -0.322 e. The van der Waals surface area contributed by atoms with Gasteiger partial charge in [-0.2, -0.15) is 5.10 Å². The summed E-state index contributed by atoms with van der Waals surface area (Å²) in [6.45, 7) is 4.77. The first-order valence-electron chi connectivity index (χ1n) is 7.83. The maximum atomic E-state index is 12.1. The van der Waals surface area contributed by atoms with Crippen molar-refractivity contribution in [3.63, 3.8) is 0 Å². The molecular formula is C19H20ClN3O. The number of carbonyl (C=O) groups is 1. The highest BCUT2D eigenvalue weighted by Gasteiger charge is 2.11. The predicted octanol–water partition coefficient (Wildman–Crippen LogP) is 4.28. The van der Waals surface area contributed by atoms with Crippen LogP contribution in [0.1, 0.15) is 36.6 Å². The molecule has 5 heteroatoms. The van der Waals surface area contributed by atoms with E-state index in [-0.39, 0.29) is 5.91 Å². The molecule has 1 aromatic carbocycles. The number of terminal acetylenes is 1. The Morgan fingerprint density at radius 1 is 1.50 bits per heavy atom. The van der Waals surface area contributed by atoms with Crippen LogP contribution in [0.15, 0.2) is 30.3 Å². The monoisotopic (exact) mass is 341 g/mol. The summed E-state index contributed by atoms with van der Waals surface area (Å²) in [6.07, 6.45) is 10.6. The number of benzene rings is 1. The number of aromatic nitrogens is 2. The van der Waals surface area contributed by atoms with Crippen LogP contribution < -0.4 is 5.32 Å². The predicted molar refractivity (Wildman–Crippen MR) is 98.9 cm³/mol. The van der Waals surface area contributed by atoms with E-state index in [9.17, 15) is 4.79 Å². The van der Waals surface area contributed by atoms with Crippen molar-refractivity contribution in [2.24, 2.45) is 0 Å². The molecule has 2 aromatic rings. The third-order valence-electron chi connectivity index (χ3n) is 3.53. The first kappa shape index (κ1) is 17.8. The number of halogens is 1. The van der Waals surface area contributed by atoms with Crippen molar-refractivity contribution in [3.05, 3.63) is 52.3 Å². The van der Waals surface area contributed by atoms with Crippen LogP contribution in [0, 0.1) is 19.3 Å². The molecule has 1 amide bonds. The van der Waals surface area contributed by atoms with Crippen molar-refractivity contribution >= 4 is 29.3 Å². The van der Waals surface area contributed by atoms with Gasteiger partial charge in [0.05, 0.1) is 5.69 Å². The van der Waals surface area contributed by atoms with Gasteiger partial charge in [-0.1, -0.05) is 36.9 Å². The Bertz CT molecular complexity index is 799. The molecule has 0 saturated carbocycles. The van der Waals surface area contributed by atoms with Gasteiger partial charge in [0.1, 0.15) is 5.15 Å². The Morgan fingerprint density at radius 2 is 2.29 bits per heavy atom. The van der Waals surface area contributed by atoms with Crippen molar-refractivity contribution in [2.45, 2.75) is 33.2 Å². The fraction of sp³-hybridized carbons (Fsp3) is 0.263. The Balaban J connectivity index is 2.08. The van der Waals surface area contributed by atoms with E-state index in [0.717, 1.165) is 30.6 Å². The molecule has 1 aromatic heterocycles. The molecule has 0 saturated heterocycles. The molecule has 0 radical (unpaired) electrons. The van der Waals surface area contributed by atoms with Gasteiger partial charge in [0.25, 0.3) is 0 Å². The van der Waals surface area contributed by atoms with E-state index in [4.69, 9.17) is 18.0 Å². The summed E-state index contributed by atoms with van der Waals surface area (Å²) in [5, 5.41) is 7.74. The third kappa shape index (κ3) is 4.50. The first-order valence-corrected chi connectivity index (χ1v) is 8.21. The second-order valence-corrected chi connectivity index (χ2v) is 5.77. The largest absolute Gasteiger partial charge is 0.322 e. The molecule has 0 bridgehead atoms. The molecule has 0 aliphatic rings. The van der Waals surface area contributed by atoms with Crippen LogP contribution in [-0.2, 0) is 11.3 Å². The summed E-state index contributed by atoms with van der Waals surface area (Å²) in [4.78, 5) is 12.1. The fourth-order valence-corrected chi connectivity index (χ4v) is 2.56. The van der Waals surface area contributed by atoms with E-state index < -0.39 is 0 Å². The molecule has 1 N–H and O–H groups in total. The lowest BCUT2D eigenvalue weighted by Gasteiger charge is -2.02. The van der Waals surface area contributed by atoms with Gasteiger partial charge >= 0.3 is 0 Å². The second-order valence-electron chi connectivity index (χ2n) is 5.41. The number of anilines is 1. The SMILES string of the molecule is C#Cc1cccc(NC(=O)/C=C/c2c(C)nn(CCCC)c2Cl)c1.